The molecule has 3 N–H and O–H groups in total. The lowest BCUT2D eigenvalue weighted by molar-refractivity contribution is -0.146. The first kappa shape index (κ1) is 21.3. The number of anilines is 1. The molecule has 6 nitrogen and oxygen atoms in total. The Hall–Kier alpha value is -2.93. The van der Waals surface area contributed by atoms with Crippen LogP contribution in [0.4, 0.5) is 5.00 Å². The Morgan fingerprint density at radius 1 is 1.06 bits per heavy atom. The minimum atomic E-state index is -0.964. The highest BCUT2D eigenvalue weighted by Gasteiger charge is 2.35. The zero-order valence-electron chi connectivity index (χ0n) is 17.4. The number of carboxylic acid groups (broad SMARTS) is 1. The first-order valence-electron chi connectivity index (χ1n) is 10.6. The number of allylic oxidation sites excluding steroid dienone is 2. The predicted molar refractivity (Wildman–Crippen MR) is 120 cm³/mol. The summed E-state index contributed by atoms with van der Waals surface area (Å²) in [5.41, 5.74) is 3.72. The number of rotatable bonds is 6. The molecule has 0 spiro atoms. The lowest BCUT2D eigenvalue weighted by Gasteiger charge is -2.24. The minimum Gasteiger partial charge on any atom is -0.481 e. The van der Waals surface area contributed by atoms with Gasteiger partial charge in [0.15, 0.2) is 0 Å². The van der Waals surface area contributed by atoms with Crippen LogP contribution in [0.3, 0.4) is 0 Å². The number of amides is 2. The summed E-state index contributed by atoms with van der Waals surface area (Å²) in [6, 6.07) is 7.98. The third-order valence-electron chi connectivity index (χ3n) is 6.05. The molecule has 1 aromatic heterocycles. The minimum absolute atomic E-state index is 0.200. The fourth-order valence-electron chi connectivity index (χ4n) is 4.29. The number of carbonyl (C=O) groups is 3. The summed E-state index contributed by atoms with van der Waals surface area (Å²) in [7, 11) is 0. The van der Waals surface area contributed by atoms with Crippen molar-refractivity contribution in [3.05, 3.63) is 63.5 Å². The molecule has 4 rings (SSSR count). The molecule has 2 aromatic rings. The maximum absolute atomic E-state index is 13.1. The standard InChI is InChI=1S/C24H26N2O4S/c1-14-9-11-15(12-10-14)13-25-22(28)20-18-7-4-8-19(18)31-23(20)26-21(27)16-5-2-3-6-17(16)24(29)30/h2-3,9-12,16-17H,4-8,13H2,1H3,(H,25,28)(H,26,27)(H,29,30)/t16-,17-/m0/s1. The lowest BCUT2D eigenvalue weighted by Crippen LogP contribution is -2.35. The van der Waals surface area contributed by atoms with E-state index in [2.05, 4.69) is 10.6 Å². The van der Waals surface area contributed by atoms with Crippen LogP contribution in [-0.4, -0.2) is 22.9 Å². The monoisotopic (exact) mass is 438 g/mol. The highest BCUT2D eigenvalue weighted by molar-refractivity contribution is 7.17. The van der Waals surface area contributed by atoms with Crippen molar-refractivity contribution in [2.45, 2.75) is 45.6 Å². The maximum atomic E-state index is 13.1. The normalized spacial score (nSPS) is 19.6. The Kier molecular flexibility index (Phi) is 6.23. The molecule has 2 aliphatic carbocycles. The number of aliphatic carboxylic acids is 1. The van der Waals surface area contributed by atoms with Crippen molar-refractivity contribution in [3.63, 3.8) is 0 Å². The van der Waals surface area contributed by atoms with E-state index in [0.29, 0.717) is 30.0 Å². The highest BCUT2D eigenvalue weighted by atomic mass is 32.1. The van der Waals surface area contributed by atoms with Crippen molar-refractivity contribution in [2.24, 2.45) is 11.8 Å². The summed E-state index contributed by atoms with van der Waals surface area (Å²) in [6.45, 7) is 2.43. The molecule has 0 bridgehead atoms. The fraction of sp³-hybridized carbons (Fsp3) is 0.375. The van der Waals surface area contributed by atoms with E-state index in [1.165, 1.54) is 11.3 Å². The van der Waals surface area contributed by atoms with Gasteiger partial charge in [0.1, 0.15) is 5.00 Å². The smallest absolute Gasteiger partial charge is 0.307 e. The molecule has 2 atom stereocenters. The average molecular weight is 439 g/mol. The Morgan fingerprint density at radius 3 is 2.48 bits per heavy atom. The van der Waals surface area contributed by atoms with Crippen molar-refractivity contribution in [2.75, 3.05) is 5.32 Å². The molecule has 0 saturated heterocycles. The molecule has 2 aliphatic rings. The second kappa shape index (κ2) is 9.06. The van der Waals surface area contributed by atoms with Crippen LogP contribution in [0.25, 0.3) is 0 Å². The molecule has 7 heteroatoms. The van der Waals surface area contributed by atoms with E-state index in [1.54, 1.807) is 0 Å². The number of carbonyl (C=O) groups excluding carboxylic acids is 2. The Bertz CT molecular complexity index is 1040. The molecule has 2 amide bonds. The molecular formula is C24H26N2O4S. The number of hydrogen-bond acceptors (Lipinski definition) is 4. The topological polar surface area (TPSA) is 95.5 Å². The number of thiophene rings is 1. The summed E-state index contributed by atoms with van der Waals surface area (Å²) in [6.07, 6.45) is 7.12. The van der Waals surface area contributed by atoms with E-state index < -0.39 is 17.8 Å². The zero-order chi connectivity index (χ0) is 22.0. The molecule has 0 fully saturated rings. The Labute approximate surface area is 185 Å². The van der Waals surface area contributed by atoms with E-state index >= 15 is 0 Å². The fourth-order valence-corrected chi connectivity index (χ4v) is 5.58. The summed E-state index contributed by atoms with van der Waals surface area (Å²) < 4.78 is 0. The van der Waals surface area contributed by atoms with E-state index in [9.17, 15) is 19.5 Å². The number of fused-ring (bicyclic) bond motifs is 1. The molecular weight excluding hydrogens is 412 g/mol. The van der Waals surface area contributed by atoms with Gasteiger partial charge in [0, 0.05) is 11.4 Å². The first-order chi connectivity index (χ1) is 14.9. The van der Waals surface area contributed by atoms with Crippen molar-refractivity contribution in [3.8, 4) is 0 Å². The van der Waals surface area contributed by atoms with Gasteiger partial charge in [0.25, 0.3) is 5.91 Å². The van der Waals surface area contributed by atoms with E-state index in [0.717, 1.165) is 40.8 Å². The third kappa shape index (κ3) is 4.56. The number of benzene rings is 1. The van der Waals surface area contributed by atoms with Gasteiger partial charge in [0.05, 0.1) is 17.4 Å². The van der Waals surface area contributed by atoms with Gasteiger partial charge in [-0.3, -0.25) is 14.4 Å². The van der Waals surface area contributed by atoms with Crippen LogP contribution in [0.15, 0.2) is 36.4 Å². The van der Waals surface area contributed by atoms with E-state index in [-0.39, 0.29) is 11.8 Å². The van der Waals surface area contributed by atoms with Crippen LogP contribution >= 0.6 is 11.3 Å². The van der Waals surface area contributed by atoms with Gasteiger partial charge >= 0.3 is 5.97 Å². The van der Waals surface area contributed by atoms with Gasteiger partial charge in [-0.15, -0.1) is 11.3 Å². The summed E-state index contributed by atoms with van der Waals surface area (Å²) >= 11 is 1.44. The SMILES string of the molecule is Cc1ccc(CNC(=O)c2c(NC(=O)[C@H]3CC=CC[C@@H]3C(=O)O)sc3c2CCC3)cc1. The van der Waals surface area contributed by atoms with Crippen LogP contribution in [0.5, 0.6) is 0 Å². The molecule has 162 valence electrons. The molecule has 0 aliphatic heterocycles. The molecule has 1 heterocycles. The quantitative estimate of drug-likeness (QED) is 0.592. The van der Waals surface area contributed by atoms with Gasteiger partial charge in [0.2, 0.25) is 5.91 Å². The third-order valence-corrected chi connectivity index (χ3v) is 7.25. The van der Waals surface area contributed by atoms with Crippen LogP contribution in [0.2, 0.25) is 0 Å². The van der Waals surface area contributed by atoms with Crippen LogP contribution in [0.1, 0.15) is 51.2 Å². The van der Waals surface area contributed by atoms with Gasteiger partial charge in [-0.05, 0) is 50.2 Å². The summed E-state index contributed by atoms with van der Waals surface area (Å²) in [5, 5.41) is 15.9. The van der Waals surface area contributed by atoms with Gasteiger partial charge in [-0.25, -0.2) is 0 Å². The molecule has 0 unspecified atom stereocenters. The largest absolute Gasteiger partial charge is 0.481 e. The number of carboxylic acids is 1. The second-order valence-corrected chi connectivity index (χ2v) is 9.32. The van der Waals surface area contributed by atoms with Crippen LogP contribution in [0, 0.1) is 18.8 Å². The predicted octanol–water partition coefficient (Wildman–Crippen LogP) is 4.08. The Balaban J connectivity index is 1.53. The maximum Gasteiger partial charge on any atom is 0.307 e. The summed E-state index contributed by atoms with van der Waals surface area (Å²) in [4.78, 5) is 38.8. The van der Waals surface area contributed by atoms with Crippen molar-refractivity contribution in [1.82, 2.24) is 5.32 Å². The van der Waals surface area contributed by atoms with Crippen LogP contribution in [-0.2, 0) is 29.0 Å². The zero-order valence-corrected chi connectivity index (χ0v) is 18.3. The lowest BCUT2D eigenvalue weighted by atomic mass is 9.82. The van der Waals surface area contributed by atoms with E-state index in [4.69, 9.17) is 0 Å². The second-order valence-electron chi connectivity index (χ2n) is 8.21. The van der Waals surface area contributed by atoms with Crippen molar-refractivity contribution in [1.29, 1.82) is 0 Å². The molecule has 0 radical (unpaired) electrons. The molecule has 31 heavy (non-hydrogen) atoms. The van der Waals surface area contributed by atoms with Gasteiger partial charge in [-0.2, -0.15) is 0 Å². The van der Waals surface area contributed by atoms with Gasteiger partial charge in [-0.1, -0.05) is 42.0 Å². The van der Waals surface area contributed by atoms with E-state index in [1.807, 2.05) is 43.3 Å². The van der Waals surface area contributed by atoms with Gasteiger partial charge < -0.3 is 15.7 Å². The van der Waals surface area contributed by atoms with Crippen molar-refractivity contribution < 1.29 is 19.5 Å². The summed E-state index contributed by atoms with van der Waals surface area (Å²) in [5.74, 6) is -2.87. The number of nitrogens with one attached hydrogen (secondary N) is 2. The molecule has 0 saturated carbocycles. The van der Waals surface area contributed by atoms with Crippen LogP contribution < -0.4 is 10.6 Å². The average Bonchev–Trinajstić information content (AvgIpc) is 3.34. The number of aryl methyl sites for hydroxylation is 2. The highest BCUT2D eigenvalue weighted by Crippen LogP contribution is 2.40. The first-order valence-corrected chi connectivity index (χ1v) is 11.4. The van der Waals surface area contributed by atoms with Crippen molar-refractivity contribution >= 4 is 34.1 Å². The Morgan fingerprint density at radius 2 is 1.77 bits per heavy atom. The molecule has 1 aromatic carbocycles. The number of hydrogen-bond donors (Lipinski definition) is 3.